The van der Waals surface area contributed by atoms with Gasteiger partial charge in [-0.1, -0.05) is 24.3 Å². The van der Waals surface area contributed by atoms with E-state index in [-0.39, 0.29) is 22.7 Å². The van der Waals surface area contributed by atoms with Crippen molar-refractivity contribution in [2.75, 3.05) is 5.32 Å². The Balaban J connectivity index is 2.22. The largest absolute Gasteiger partial charge is 0.507 e. The van der Waals surface area contributed by atoms with E-state index in [9.17, 15) is 18.7 Å². The maximum absolute atomic E-state index is 12.3. The van der Waals surface area contributed by atoms with E-state index < -0.39 is 12.5 Å². The molecule has 0 aromatic heterocycles. The predicted molar refractivity (Wildman–Crippen MR) is 69.1 cm³/mol. The molecule has 0 heterocycles. The Morgan fingerprint density at radius 3 is 2.45 bits per heavy atom. The first kappa shape index (κ1) is 13.8. The van der Waals surface area contributed by atoms with E-state index in [2.05, 4.69) is 10.1 Å². The number of hydrogen-bond donors (Lipinski definition) is 2. The van der Waals surface area contributed by atoms with Crippen molar-refractivity contribution in [2.45, 2.75) is 6.61 Å². The molecular formula is C14H11F2NO3. The molecule has 2 aromatic carbocycles. The van der Waals surface area contributed by atoms with Gasteiger partial charge in [-0.25, -0.2) is 0 Å². The summed E-state index contributed by atoms with van der Waals surface area (Å²) in [5, 5.41) is 12.0. The molecule has 0 fully saturated rings. The molecule has 0 saturated carbocycles. The highest BCUT2D eigenvalue weighted by atomic mass is 19.3. The zero-order valence-electron chi connectivity index (χ0n) is 10.2. The minimum atomic E-state index is -2.99. The lowest BCUT2D eigenvalue weighted by atomic mass is 10.2. The van der Waals surface area contributed by atoms with Crippen LogP contribution in [-0.2, 0) is 0 Å². The molecule has 0 radical (unpaired) electrons. The molecule has 0 saturated heterocycles. The number of carbonyl (C=O) groups excluding carboxylic acids is 1. The number of phenols is 1. The Morgan fingerprint density at radius 1 is 1.10 bits per heavy atom. The van der Waals surface area contributed by atoms with Crippen molar-refractivity contribution < 1.29 is 23.4 Å². The van der Waals surface area contributed by atoms with Crippen LogP contribution in [0, 0.1) is 0 Å². The van der Waals surface area contributed by atoms with Crippen LogP contribution in [0.3, 0.4) is 0 Å². The average molecular weight is 279 g/mol. The van der Waals surface area contributed by atoms with Crippen LogP contribution in [-0.4, -0.2) is 17.6 Å². The second kappa shape index (κ2) is 6.01. The third-order valence-corrected chi connectivity index (χ3v) is 2.50. The summed E-state index contributed by atoms with van der Waals surface area (Å²) < 4.78 is 28.8. The number of hydrogen-bond acceptors (Lipinski definition) is 3. The van der Waals surface area contributed by atoms with Gasteiger partial charge in [0, 0.05) is 0 Å². The number of carbonyl (C=O) groups is 1. The minimum absolute atomic E-state index is 0.0411. The van der Waals surface area contributed by atoms with Crippen molar-refractivity contribution in [3.05, 3.63) is 54.1 Å². The van der Waals surface area contributed by atoms with Gasteiger partial charge in [0.25, 0.3) is 5.91 Å². The number of aromatic hydroxyl groups is 1. The molecule has 2 rings (SSSR count). The van der Waals surface area contributed by atoms with Crippen molar-refractivity contribution in [1.29, 1.82) is 0 Å². The van der Waals surface area contributed by atoms with Gasteiger partial charge in [-0.2, -0.15) is 8.78 Å². The van der Waals surface area contributed by atoms with E-state index in [0.29, 0.717) is 0 Å². The summed E-state index contributed by atoms with van der Waals surface area (Å²) in [5.74, 6) is -0.961. The Labute approximate surface area is 113 Å². The molecule has 0 unspecified atom stereocenters. The van der Waals surface area contributed by atoms with Crippen LogP contribution in [0.1, 0.15) is 10.4 Å². The molecular weight excluding hydrogens is 268 g/mol. The van der Waals surface area contributed by atoms with Crippen LogP contribution in [0.15, 0.2) is 48.5 Å². The van der Waals surface area contributed by atoms with Crippen LogP contribution in [0.4, 0.5) is 14.5 Å². The molecule has 0 aliphatic rings. The SMILES string of the molecule is O=C(Nc1ccccc1OC(F)F)c1ccccc1O. The fraction of sp³-hybridized carbons (Fsp3) is 0.0714. The Bertz CT molecular complexity index is 617. The van der Waals surface area contributed by atoms with Gasteiger partial charge in [-0.3, -0.25) is 4.79 Å². The van der Waals surface area contributed by atoms with Crippen molar-refractivity contribution in [1.82, 2.24) is 0 Å². The van der Waals surface area contributed by atoms with Gasteiger partial charge >= 0.3 is 6.61 Å². The van der Waals surface area contributed by atoms with Gasteiger partial charge in [-0.15, -0.1) is 0 Å². The number of benzene rings is 2. The van der Waals surface area contributed by atoms with Gasteiger partial charge in [-0.05, 0) is 24.3 Å². The molecule has 1 amide bonds. The lowest BCUT2D eigenvalue weighted by Crippen LogP contribution is -2.14. The lowest BCUT2D eigenvalue weighted by molar-refractivity contribution is -0.0493. The number of ether oxygens (including phenoxy) is 1. The maximum atomic E-state index is 12.3. The number of alkyl halides is 2. The molecule has 6 heteroatoms. The van der Waals surface area contributed by atoms with E-state index in [1.54, 1.807) is 18.2 Å². The number of rotatable bonds is 4. The van der Waals surface area contributed by atoms with Gasteiger partial charge in [0.15, 0.2) is 0 Å². The first-order chi connectivity index (χ1) is 9.58. The number of para-hydroxylation sites is 3. The predicted octanol–water partition coefficient (Wildman–Crippen LogP) is 3.25. The summed E-state index contributed by atoms with van der Waals surface area (Å²) in [5.41, 5.74) is 0.139. The normalized spacial score (nSPS) is 10.3. The molecule has 0 atom stereocenters. The smallest absolute Gasteiger partial charge is 0.387 e. The molecule has 2 aromatic rings. The lowest BCUT2D eigenvalue weighted by Gasteiger charge is -2.12. The molecule has 20 heavy (non-hydrogen) atoms. The number of phenolic OH excluding ortho intramolecular Hbond substituents is 1. The monoisotopic (exact) mass is 279 g/mol. The van der Waals surface area contributed by atoms with E-state index in [1.165, 1.54) is 30.3 Å². The van der Waals surface area contributed by atoms with Crippen LogP contribution in [0.25, 0.3) is 0 Å². The topological polar surface area (TPSA) is 58.6 Å². The molecule has 2 N–H and O–H groups in total. The Hall–Kier alpha value is -2.63. The molecule has 0 bridgehead atoms. The molecule has 0 aliphatic carbocycles. The summed E-state index contributed by atoms with van der Waals surface area (Å²) >= 11 is 0. The first-order valence-electron chi connectivity index (χ1n) is 5.71. The summed E-state index contributed by atoms with van der Waals surface area (Å²) in [4.78, 5) is 12.0. The third kappa shape index (κ3) is 3.23. The van der Waals surface area contributed by atoms with Crippen molar-refractivity contribution in [3.8, 4) is 11.5 Å². The van der Waals surface area contributed by atoms with Gasteiger partial charge in [0.2, 0.25) is 0 Å². The highest BCUT2D eigenvalue weighted by Crippen LogP contribution is 2.27. The molecule has 104 valence electrons. The zero-order valence-corrected chi connectivity index (χ0v) is 10.2. The Morgan fingerprint density at radius 2 is 1.75 bits per heavy atom. The fourth-order valence-electron chi connectivity index (χ4n) is 1.62. The standard InChI is InChI=1S/C14H11F2NO3/c15-14(16)20-12-8-4-2-6-10(12)17-13(19)9-5-1-3-7-11(9)18/h1-8,14,18H,(H,17,19). The maximum Gasteiger partial charge on any atom is 0.387 e. The zero-order chi connectivity index (χ0) is 14.5. The van der Waals surface area contributed by atoms with Gasteiger partial charge in [0.1, 0.15) is 11.5 Å². The molecule has 4 nitrogen and oxygen atoms in total. The highest BCUT2D eigenvalue weighted by molar-refractivity contribution is 6.06. The summed E-state index contributed by atoms with van der Waals surface area (Å²) in [6.45, 7) is -2.99. The molecule has 0 spiro atoms. The first-order valence-corrected chi connectivity index (χ1v) is 5.71. The molecule has 0 aliphatic heterocycles. The number of amides is 1. The van der Waals surface area contributed by atoms with E-state index in [4.69, 9.17) is 0 Å². The number of anilines is 1. The van der Waals surface area contributed by atoms with Crippen LogP contribution >= 0.6 is 0 Å². The van der Waals surface area contributed by atoms with E-state index in [1.807, 2.05) is 0 Å². The van der Waals surface area contributed by atoms with E-state index >= 15 is 0 Å². The van der Waals surface area contributed by atoms with Gasteiger partial charge < -0.3 is 15.2 Å². The fourth-order valence-corrected chi connectivity index (χ4v) is 1.62. The summed E-state index contributed by atoms with van der Waals surface area (Å²) in [6.07, 6.45) is 0. The second-order valence-electron chi connectivity index (χ2n) is 3.85. The van der Waals surface area contributed by atoms with E-state index in [0.717, 1.165) is 0 Å². The van der Waals surface area contributed by atoms with Gasteiger partial charge in [0.05, 0.1) is 11.3 Å². The average Bonchev–Trinajstić information content (AvgIpc) is 2.41. The van der Waals surface area contributed by atoms with Crippen LogP contribution in [0.5, 0.6) is 11.5 Å². The quantitative estimate of drug-likeness (QED) is 0.903. The van der Waals surface area contributed by atoms with Crippen molar-refractivity contribution in [3.63, 3.8) is 0 Å². The van der Waals surface area contributed by atoms with Crippen molar-refractivity contribution >= 4 is 11.6 Å². The van der Waals surface area contributed by atoms with Crippen LogP contribution in [0.2, 0.25) is 0 Å². The summed E-state index contributed by atoms with van der Waals surface area (Å²) in [7, 11) is 0. The second-order valence-corrected chi connectivity index (χ2v) is 3.85. The highest BCUT2D eigenvalue weighted by Gasteiger charge is 2.14. The third-order valence-electron chi connectivity index (χ3n) is 2.50. The van der Waals surface area contributed by atoms with Crippen LogP contribution < -0.4 is 10.1 Å². The summed E-state index contributed by atoms with van der Waals surface area (Å²) in [6, 6.07) is 11.7. The minimum Gasteiger partial charge on any atom is -0.507 e. The van der Waals surface area contributed by atoms with Crippen molar-refractivity contribution in [2.24, 2.45) is 0 Å². The number of halogens is 2. The Kier molecular flexibility index (Phi) is 4.14. The number of nitrogens with one attached hydrogen (secondary N) is 1.